The van der Waals surface area contributed by atoms with Crippen molar-refractivity contribution < 1.29 is 4.74 Å². The predicted octanol–water partition coefficient (Wildman–Crippen LogP) is 2.86. The molecule has 0 radical (unpaired) electrons. The lowest BCUT2D eigenvalue weighted by atomic mass is 9.76. The summed E-state index contributed by atoms with van der Waals surface area (Å²) in [5.74, 6) is 0. The van der Waals surface area contributed by atoms with E-state index in [0.717, 1.165) is 0 Å². The van der Waals surface area contributed by atoms with E-state index in [4.69, 9.17) is 4.74 Å². The average Bonchev–Trinajstić information content (AvgIpc) is 1.94. The van der Waals surface area contributed by atoms with Crippen molar-refractivity contribution in [3.8, 4) is 0 Å². The van der Waals surface area contributed by atoms with E-state index in [9.17, 15) is 0 Å². The molecule has 1 N–H and O–H groups in total. The Bertz CT molecular complexity index is 221. The van der Waals surface area contributed by atoms with E-state index in [1.54, 1.807) is 0 Å². The minimum absolute atomic E-state index is 0.0238. The normalized spacial score (nSPS) is 34.4. The fourth-order valence-electron chi connectivity index (χ4n) is 2.62. The van der Waals surface area contributed by atoms with E-state index in [-0.39, 0.29) is 5.60 Å². The van der Waals surface area contributed by atoms with Crippen molar-refractivity contribution >= 4 is 0 Å². The van der Waals surface area contributed by atoms with Crippen LogP contribution in [0.15, 0.2) is 0 Å². The summed E-state index contributed by atoms with van der Waals surface area (Å²) >= 11 is 0. The van der Waals surface area contributed by atoms with Crippen molar-refractivity contribution in [3.05, 3.63) is 0 Å². The molecule has 0 spiro atoms. The van der Waals surface area contributed by atoms with Crippen LogP contribution in [0.3, 0.4) is 0 Å². The van der Waals surface area contributed by atoms with Gasteiger partial charge in [0.1, 0.15) is 0 Å². The average molecular weight is 211 g/mol. The first-order chi connectivity index (χ1) is 6.86. The van der Waals surface area contributed by atoms with Crippen LogP contribution in [0.5, 0.6) is 0 Å². The monoisotopic (exact) mass is 211 g/mol. The van der Waals surface area contributed by atoms with E-state index < -0.39 is 0 Å². The van der Waals surface area contributed by atoms with Gasteiger partial charge in [0.25, 0.3) is 0 Å². The molecule has 0 saturated heterocycles. The third kappa shape index (κ3) is 2.94. The molecule has 2 saturated carbocycles. The van der Waals surface area contributed by atoms with Gasteiger partial charge in [0.05, 0.1) is 11.7 Å². The van der Waals surface area contributed by atoms with E-state index in [0.29, 0.717) is 17.7 Å². The van der Waals surface area contributed by atoms with Crippen LogP contribution in [0.2, 0.25) is 0 Å². The summed E-state index contributed by atoms with van der Waals surface area (Å²) in [5, 5.41) is 3.76. The number of rotatable bonds is 3. The molecular weight excluding hydrogens is 186 g/mol. The van der Waals surface area contributed by atoms with Crippen molar-refractivity contribution in [2.24, 2.45) is 0 Å². The number of nitrogens with one attached hydrogen (secondary N) is 1. The molecule has 0 bridgehead atoms. The molecular formula is C13H25NO. The third-order valence-corrected chi connectivity index (χ3v) is 3.62. The van der Waals surface area contributed by atoms with Gasteiger partial charge < -0.3 is 10.1 Å². The molecule has 2 aliphatic rings. The summed E-state index contributed by atoms with van der Waals surface area (Å²) in [5.41, 5.74) is 0.480. The van der Waals surface area contributed by atoms with Gasteiger partial charge in [0.15, 0.2) is 0 Å². The van der Waals surface area contributed by atoms with Crippen molar-refractivity contribution in [1.82, 2.24) is 5.32 Å². The fraction of sp³-hybridized carbons (Fsp3) is 1.00. The zero-order valence-electron chi connectivity index (χ0n) is 10.6. The van der Waals surface area contributed by atoms with Crippen LogP contribution >= 0.6 is 0 Å². The summed E-state index contributed by atoms with van der Waals surface area (Å²) in [6.45, 7) is 8.78. The molecule has 2 heteroatoms. The second-order valence-corrected chi connectivity index (χ2v) is 6.58. The summed E-state index contributed by atoms with van der Waals surface area (Å²) in [4.78, 5) is 0. The lowest BCUT2D eigenvalue weighted by Crippen LogP contribution is -2.58. The Morgan fingerprint density at radius 3 is 2.20 bits per heavy atom. The molecule has 0 atom stereocenters. The zero-order chi connectivity index (χ0) is 11.1. The number of ether oxygens (including phenoxy) is 1. The standard InChI is InChI=1S/C13H25NO/c1-12(2,3)15-11-8-10(9-11)14-13(4)6-5-7-13/h10-11,14H,5-9H2,1-4H3. The molecule has 0 aromatic heterocycles. The second kappa shape index (κ2) is 3.74. The van der Waals surface area contributed by atoms with Crippen molar-refractivity contribution in [2.75, 3.05) is 0 Å². The Hall–Kier alpha value is -0.0800. The molecule has 2 rings (SSSR count). The molecule has 0 aromatic carbocycles. The van der Waals surface area contributed by atoms with Gasteiger partial charge in [0, 0.05) is 11.6 Å². The highest BCUT2D eigenvalue weighted by molar-refractivity contribution is 4.98. The minimum Gasteiger partial charge on any atom is -0.373 e. The summed E-state index contributed by atoms with van der Waals surface area (Å²) < 4.78 is 5.93. The largest absolute Gasteiger partial charge is 0.373 e. The SMILES string of the molecule is CC1(NC2CC(OC(C)(C)C)C2)CCC1. The maximum absolute atomic E-state index is 5.93. The first-order valence-corrected chi connectivity index (χ1v) is 6.32. The molecule has 0 aromatic rings. The van der Waals surface area contributed by atoms with Crippen LogP contribution in [0, 0.1) is 0 Å². The van der Waals surface area contributed by atoms with E-state index in [1.165, 1.54) is 32.1 Å². The van der Waals surface area contributed by atoms with Gasteiger partial charge >= 0.3 is 0 Å². The van der Waals surface area contributed by atoms with Gasteiger partial charge in [-0.15, -0.1) is 0 Å². The Morgan fingerprint density at radius 1 is 1.20 bits per heavy atom. The topological polar surface area (TPSA) is 21.3 Å². The molecule has 88 valence electrons. The molecule has 15 heavy (non-hydrogen) atoms. The molecule has 2 fully saturated rings. The molecule has 2 nitrogen and oxygen atoms in total. The Labute approximate surface area is 93.8 Å². The van der Waals surface area contributed by atoms with Crippen LogP contribution in [-0.4, -0.2) is 23.3 Å². The summed E-state index contributed by atoms with van der Waals surface area (Å²) in [7, 11) is 0. The van der Waals surface area contributed by atoms with Gasteiger partial charge in [-0.25, -0.2) is 0 Å². The zero-order valence-corrected chi connectivity index (χ0v) is 10.6. The molecule has 0 heterocycles. The minimum atomic E-state index is 0.0238. The molecule has 0 unspecified atom stereocenters. The van der Waals surface area contributed by atoms with Gasteiger partial charge in [-0.1, -0.05) is 0 Å². The molecule has 0 amide bonds. The highest BCUT2D eigenvalue weighted by atomic mass is 16.5. The quantitative estimate of drug-likeness (QED) is 0.775. The highest BCUT2D eigenvalue weighted by Crippen LogP contribution is 2.35. The predicted molar refractivity (Wildman–Crippen MR) is 63.0 cm³/mol. The van der Waals surface area contributed by atoms with E-state index in [2.05, 4.69) is 33.0 Å². The van der Waals surface area contributed by atoms with E-state index >= 15 is 0 Å². The van der Waals surface area contributed by atoms with Crippen molar-refractivity contribution in [1.29, 1.82) is 0 Å². The van der Waals surface area contributed by atoms with E-state index in [1.807, 2.05) is 0 Å². The summed E-state index contributed by atoms with van der Waals surface area (Å²) in [6, 6.07) is 0.711. The number of hydrogen-bond acceptors (Lipinski definition) is 2. The molecule has 0 aliphatic heterocycles. The number of hydrogen-bond donors (Lipinski definition) is 1. The first kappa shape index (κ1) is 11.4. The Kier molecular flexibility index (Phi) is 2.85. The lowest BCUT2D eigenvalue weighted by molar-refractivity contribution is -0.107. The van der Waals surface area contributed by atoms with Crippen LogP contribution in [0.1, 0.15) is 59.8 Å². The Morgan fingerprint density at radius 2 is 1.80 bits per heavy atom. The Balaban J connectivity index is 1.65. The van der Waals surface area contributed by atoms with Gasteiger partial charge in [0.2, 0.25) is 0 Å². The maximum Gasteiger partial charge on any atom is 0.0612 e. The van der Waals surface area contributed by atoms with Crippen LogP contribution in [-0.2, 0) is 4.74 Å². The van der Waals surface area contributed by atoms with Crippen LogP contribution in [0.4, 0.5) is 0 Å². The maximum atomic E-state index is 5.93. The van der Waals surface area contributed by atoms with Gasteiger partial charge in [-0.05, 0) is 59.8 Å². The smallest absolute Gasteiger partial charge is 0.0612 e. The third-order valence-electron chi connectivity index (χ3n) is 3.62. The summed E-state index contributed by atoms with van der Waals surface area (Å²) in [6.07, 6.45) is 7.01. The molecule has 2 aliphatic carbocycles. The van der Waals surface area contributed by atoms with Crippen LogP contribution < -0.4 is 5.32 Å². The fourth-order valence-corrected chi connectivity index (χ4v) is 2.62. The second-order valence-electron chi connectivity index (χ2n) is 6.58. The van der Waals surface area contributed by atoms with Crippen molar-refractivity contribution in [2.45, 2.75) is 83.1 Å². The van der Waals surface area contributed by atoms with Crippen LogP contribution in [0.25, 0.3) is 0 Å². The highest BCUT2D eigenvalue weighted by Gasteiger charge is 2.39. The first-order valence-electron chi connectivity index (χ1n) is 6.32. The van der Waals surface area contributed by atoms with Gasteiger partial charge in [-0.2, -0.15) is 0 Å². The lowest BCUT2D eigenvalue weighted by Gasteiger charge is -2.48. The van der Waals surface area contributed by atoms with Crippen molar-refractivity contribution in [3.63, 3.8) is 0 Å². The van der Waals surface area contributed by atoms with Gasteiger partial charge in [-0.3, -0.25) is 0 Å².